The normalized spacial score (nSPS) is 12.6. The summed E-state index contributed by atoms with van der Waals surface area (Å²) in [5.74, 6) is 0. The Morgan fingerprint density at radius 3 is 2.36 bits per heavy atom. The molecular weight excluding hydrogens is 198 g/mol. The summed E-state index contributed by atoms with van der Waals surface area (Å²) in [5, 5.41) is 0. The van der Waals surface area contributed by atoms with E-state index in [-0.39, 0.29) is 0 Å². The molecule has 0 saturated heterocycles. The molecule has 0 fully saturated rings. The second kappa shape index (κ2) is 3.77. The van der Waals surface area contributed by atoms with Gasteiger partial charge in [0, 0.05) is 12.4 Å². The fourth-order valence-electron chi connectivity index (χ4n) is 1.31. The number of benzene rings is 1. The lowest BCUT2D eigenvalue weighted by Crippen LogP contribution is -1.98. The Labute approximate surface area is 84.3 Å². The van der Waals surface area contributed by atoms with Crippen LogP contribution >= 0.6 is 0 Å². The molecule has 0 bridgehead atoms. The van der Waals surface area contributed by atoms with Crippen LogP contribution in [0.15, 0.2) is 53.7 Å². The molecule has 14 heavy (non-hydrogen) atoms. The van der Waals surface area contributed by atoms with Crippen molar-refractivity contribution in [3.63, 3.8) is 0 Å². The second-order valence-electron chi connectivity index (χ2n) is 2.81. The molecule has 0 amide bonds. The zero-order chi connectivity index (χ0) is 9.97. The molecule has 0 aliphatic rings. The number of hydrogen-bond donors (Lipinski definition) is 1. The quantitative estimate of drug-likeness (QED) is 0.766. The van der Waals surface area contributed by atoms with Crippen LogP contribution in [0.5, 0.6) is 0 Å². The maximum absolute atomic E-state index is 11.0. The molecule has 4 heteroatoms. The second-order valence-corrected chi connectivity index (χ2v) is 3.75. The van der Waals surface area contributed by atoms with Crippen LogP contribution in [0.4, 0.5) is 0 Å². The van der Waals surface area contributed by atoms with E-state index < -0.39 is 11.1 Å². The lowest BCUT2D eigenvalue weighted by molar-refractivity contribution is 0.564. The molecular formula is C10H9NO2S. The zero-order valence-electron chi connectivity index (χ0n) is 7.33. The minimum atomic E-state index is -1.95. The molecule has 72 valence electrons. The highest BCUT2D eigenvalue weighted by molar-refractivity contribution is 7.79. The third-order valence-electron chi connectivity index (χ3n) is 1.94. The molecule has 0 saturated carbocycles. The van der Waals surface area contributed by atoms with Crippen LogP contribution in [0.3, 0.4) is 0 Å². The van der Waals surface area contributed by atoms with Gasteiger partial charge in [0.05, 0.1) is 10.6 Å². The van der Waals surface area contributed by atoms with E-state index in [1.54, 1.807) is 12.1 Å². The molecule has 0 aliphatic carbocycles. The minimum Gasteiger partial charge on any atom is -0.323 e. The van der Waals surface area contributed by atoms with Crippen molar-refractivity contribution in [1.29, 1.82) is 0 Å². The van der Waals surface area contributed by atoms with Gasteiger partial charge in [-0.25, -0.2) is 4.21 Å². The summed E-state index contributed by atoms with van der Waals surface area (Å²) < 4.78 is 21.9. The van der Waals surface area contributed by atoms with Crippen LogP contribution in [0.25, 0.3) is 5.69 Å². The van der Waals surface area contributed by atoms with E-state index in [4.69, 9.17) is 4.55 Å². The van der Waals surface area contributed by atoms with E-state index in [0.29, 0.717) is 4.90 Å². The average molecular weight is 207 g/mol. The molecule has 1 aromatic heterocycles. The van der Waals surface area contributed by atoms with E-state index in [9.17, 15) is 4.21 Å². The summed E-state index contributed by atoms with van der Waals surface area (Å²) in [7, 11) is 0. The third kappa shape index (κ3) is 1.62. The molecule has 1 heterocycles. The predicted octanol–water partition coefficient (Wildman–Crippen LogP) is 2.06. The maximum atomic E-state index is 11.0. The Bertz CT molecular complexity index is 451. The first-order chi connectivity index (χ1) is 6.79. The molecule has 1 aromatic carbocycles. The van der Waals surface area contributed by atoms with Gasteiger partial charge in [-0.05, 0) is 24.3 Å². The van der Waals surface area contributed by atoms with Gasteiger partial charge in [0.1, 0.15) is 0 Å². The van der Waals surface area contributed by atoms with Gasteiger partial charge in [-0.3, -0.25) is 0 Å². The number of para-hydroxylation sites is 1. The van der Waals surface area contributed by atoms with E-state index in [0.717, 1.165) is 5.69 Å². The SMILES string of the molecule is O=S(O)c1ccccc1-n1cccc1. The highest BCUT2D eigenvalue weighted by Crippen LogP contribution is 2.16. The van der Waals surface area contributed by atoms with Crippen molar-refractivity contribution in [2.45, 2.75) is 4.90 Å². The minimum absolute atomic E-state index is 0.420. The smallest absolute Gasteiger partial charge is 0.188 e. The largest absolute Gasteiger partial charge is 0.323 e. The van der Waals surface area contributed by atoms with Crippen LogP contribution in [0.2, 0.25) is 0 Å². The number of aromatic nitrogens is 1. The number of hydrogen-bond acceptors (Lipinski definition) is 1. The number of rotatable bonds is 2. The summed E-state index contributed by atoms with van der Waals surface area (Å²) in [5.41, 5.74) is 0.735. The monoisotopic (exact) mass is 207 g/mol. The van der Waals surface area contributed by atoms with Crippen molar-refractivity contribution in [2.75, 3.05) is 0 Å². The lowest BCUT2D eigenvalue weighted by Gasteiger charge is -2.06. The van der Waals surface area contributed by atoms with Gasteiger partial charge < -0.3 is 9.12 Å². The van der Waals surface area contributed by atoms with Gasteiger partial charge >= 0.3 is 0 Å². The molecule has 1 atom stereocenters. The highest BCUT2D eigenvalue weighted by Gasteiger charge is 2.07. The molecule has 2 rings (SSSR count). The molecule has 3 nitrogen and oxygen atoms in total. The van der Waals surface area contributed by atoms with E-state index in [1.165, 1.54) is 0 Å². The standard InChI is InChI=1S/C10H9NO2S/c12-14(13)10-6-2-1-5-9(10)11-7-3-4-8-11/h1-8H,(H,12,13). The van der Waals surface area contributed by atoms with Gasteiger partial charge in [-0.1, -0.05) is 12.1 Å². The van der Waals surface area contributed by atoms with E-state index >= 15 is 0 Å². The molecule has 0 spiro atoms. The van der Waals surface area contributed by atoms with Gasteiger partial charge in [-0.15, -0.1) is 0 Å². The highest BCUT2D eigenvalue weighted by atomic mass is 32.2. The van der Waals surface area contributed by atoms with Crippen molar-refractivity contribution in [3.05, 3.63) is 48.8 Å². The first-order valence-electron chi connectivity index (χ1n) is 4.12. The Hall–Kier alpha value is -1.39. The van der Waals surface area contributed by atoms with Gasteiger partial charge in [0.2, 0.25) is 0 Å². The first-order valence-corrected chi connectivity index (χ1v) is 5.23. The third-order valence-corrected chi connectivity index (χ3v) is 2.66. The van der Waals surface area contributed by atoms with Crippen LogP contribution in [-0.4, -0.2) is 13.3 Å². The lowest BCUT2D eigenvalue weighted by atomic mass is 10.3. The van der Waals surface area contributed by atoms with Crippen LogP contribution in [-0.2, 0) is 11.1 Å². The summed E-state index contributed by atoms with van der Waals surface area (Å²) in [4.78, 5) is 0.420. The Balaban J connectivity index is 2.58. The topological polar surface area (TPSA) is 42.2 Å². The van der Waals surface area contributed by atoms with Gasteiger partial charge in [0.25, 0.3) is 0 Å². The Morgan fingerprint density at radius 2 is 1.71 bits per heavy atom. The maximum Gasteiger partial charge on any atom is 0.188 e. The molecule has 2 aromatic rings. The molecule has 1 unspecified atom stereocenters. The van der Waals surface area contributed by atoms with E-state index in [1.807, 2.05) is 41.2 Å². The molecule has 0 radical (unpaired) electrons. The summed E-state index contributed by atoms with van der Waals surface area (Å²) >= 11 is -1.95. The fraction of sp³-hybridized carbons (Fsp3) is 0. The van der Waals surface area contributed by atoms with Crippen molar-refractivity contribution in [2.24, 2.45) is 0 Å². The van der Waals surface area contributed by atoms with Crippen molar-refractivity contribution in [1.82, 2.24) is 4.57 Å². The van der Waals surface area contributed by atoms with Crippen molar-refractivity contribution in [3.8, 4) is 5.69 Å². The van der Waals surface area contributed by atoms with Crippen LogP contribution < -0.4 is 0 Å². The predicted molar refractivity (Wildman–Crippen MR) is 54.8 cm³/mol. The van der Waals surface area contributed by atoms with Crippen molar-refractivity contribution < 1.29 is 8.76 Å². The average Bonchev–Trinajstić information content (AvgIpc) is 2.70. The van der Waals surface area contributed by atoms with Gasteiger partial charge in [0.15, 0.2) is 11.1 Å². The van der Waals surface area contributed by atoms with Crippen LogP contribution in [0, 0.1) is 0 Å². The molecule has 0 aliphatic heterocycles. The first kappa shape index (κ1) is 9.18. The summed E-state index contributed by atoms with van der Waals surface area (Å²) in [6, 6.07) is 10.8. The van der Waals surface area contributed by atoms with Gasteiger partial charge in [-0.2, -0.15) is 0 Å². The Kier molecular flexibility index (Phi) is 2.47. The fourth-order valence-corrected chi connectivity index (χ4v) is 1.86. The summed E-state index contributed by atoms with van der Waals surface area (Å²) in [6.45, 7) is 0. The number of nitrogens with zero attached hydrogens (tertiary/aromatic N) is 1. The van der Waals surface area contributed by atoms with Crippen LogP contribution in [0.1, 0.15) is 0 Å². The Morgan fingerprint density at radius 1 is 1.07 bits per heavy atom. The summed E-state index contributed by atoms with van der Waals surface area (Å²) in [6.07, 6.45) is 3.68. The molecule has 1 N–H and O–H groups in total. The van der Waals surface area contributed by atoms with Crippen molar-refractivity contribution >= 4 is 11.1 Å². The van der Waals surface area contributed by atoms with E-state index in [2.05, 4.69) is 0 Å². The zero-order valence-corrected chi connectivity index (χ0v) is 8.15.